The summed E-state index contributed by atoms with van der Waals surface area (Å²) in [6.07, 6.45) is 1.00. The van der Waals surface area contributed by atoms with Crippen molar-refractivity contribution in [1.29, 1.82) is 0 Å². The molecule has 3 heterocycles. The summed E-state index contributed by atoms with van der Waals surface area (Å²) >= 11 is 0. The average molecular weight is 337 g/mol. The Kier molecular flexibility index (Phi) is 3.38. The van der Waals surface area contributed by atoms with Gasteiger partial charge >= 0.3 is 0 Å². The van der Waals surface area contributed by atoms with Crippen molar-refractivity contribution >= 4 is 23.5 Å². The SMILES string of the molecule is Nc1c2c(cc(=O)n1-c1ccc(C3=NCCCN3)cc1)C(=O)NC2=O. The van der Waals surface area contributed by atoms with Gasteiger partial charge in [0.05, 0.1) is 16.8 Å². The van der Waals surface area contributed by atoms with Crippen LogP contribution in [0.25, 0.3) is 5.69 Å². The number of fused-ring (bicyclic) bond motifs is 1. The van der Waals surface area contributed by atoms with Crippen LogP contribution in [0.15, 0.2) is 40.1 Å². The lowest BCUT2D eigenvalue weighted by Gasteiger charge is -2.16. The summed E-state index contributed by atoms with van der Waals surface area (Å²) < 4.78 is 1.22. The predicted molar refractivity (Wildman–Crippen MR) is 92.3 cm³/mol. The maximum atomic E-state index is 12.4. The molecule has 1 aromatic carbocycles. The molecule has 25 heavy (non-hydrogen) atoms. The monoisotopic (exact) mass is 337 g/mol. The van der Waals surface area contributed by atoms with Crippen molar-refractivity contribution in [2.75, 3.05) is 18.8 Å². The van der Waals surface area contributed by atoms with Crippen LogP contribution in [0.3, 0.4) is 0 Å². The van der Waals surface area contributed by atoms with Crippen molar-refractivity contribution in [3.63, 3.8) is 0 Å². The first-order valence-electron chi connectivity index (χ1n) is 7.86. The van der Waals surface area contributed by atoms with Crippen LogP contribution in [0.5, 0.6) is 0 Å². The summed E-state index contributed by atoms with van der Waals surface area (Å²) in [5.41, 5.74) is 7.01. The first kappa shape index (κ1) is 15.1. The molecule has 0 unspecified atom stereocenters. The predicted octanol–water partition coefficient (Wildman–Crippen LogP) is 0.0432. The Bertz CT molecular complexity index is 989. The van der Waals surface area contributed by atoms with E-state index in [1.807, 2.05) is 12.1 Å². The van der Waals surface area contributed by atoms with Crippen molar-refractivity contribution < 1.29 is 9.59 Å². The third-order valence-corrected chi connectivity index (χ3v) is 4.25. The van der Waals surface area contributed by atoms with Crippen molar-refractivity contribution in [3.05, 3.63) is 57.4 Å². The van der Waals surface area contributed by atoms with Crippen LogP contribution in [0.4, 0.5) is 5.82 Å². The Balaban J connectivity index is 1.79. The van der Waals surface area contributed by atoms with E-state index in [2.05, 4.69) is 15.6 Å². The zero-order valence-electron chi connectivity index (χ0n) is 13.2. The largest absolute Gasteiger partial charge is 0.384 e. The average Bonchev–Trinajstić information content (AvgIpc) is 2.90. The molecule has 0 saturated heterocycles. The van der Waals surface area contributed by atoms with Crippen molar-refractivity contribution in [3.8, 4) is 5.69 Å². The number of imide groups is 1. The van der Waals surface area contributed by atoms with E-state index in [1.54, 1.807) is 12.1 Å². The molecular formula is C17H15N5O3. The van der Waals surface area contributed by atoms with E-state index in [-0.39, 0.29) is 16.9 Å². The highest BCUT2D eigenvalue weighted by Gasteiger charge is 2.31. The molecule has 0 atom stereocenters. The topological polar surface area (TPSA) is 119 Å². The lowest BCUT2D eigenvalue weighted by Crippen LogP contribution is -2.30. The molecule has 0 spiro atoms. The molecule has 0 aliphatic carbocycles. The maximum Gasteiger partial charge on any atom is 0.262 e. The Hall–Kier alpha value is -3.42. The summed E-state index contributed by atoms with van der Waals surface area (Å²) in [6.45, 7) is 1.66. The molecule has 2 amide bonds. The van der Waals surface area contributed by atoms with E-state index < -0.39 is 17.4 Å². The number of nitrogens with two attached hydrogens (primary N) is 1. The van der Waals surface area contributed by atoms with Gasteiger partial charge in [0.1, 0.15) is 11.7 Å². The van der Waals surface area contributed by atoms with Crippen LogP contribution < -0.4 is 21.9 Å². The fraction of sp³-hybridized carbons (Fsp3) is 0.176. The number of nitrogens with one attached hydrogen (secondary N) is 2. The number of carbonyl (C=O) groups excluding carboxylic acids is 2. The number of benzene rings is 1. The molecule has 1 aromatic heterocycles. The first-order valence-corrected chi connectivity index (χ1v) is 7.86. The number of rotatable bonds is 2. The van der Waals surface area contributed by atoms with Gasteiger partial charge in [-0.15, -0.1) is 0 Å². The van der Waals surface area contributed by atoms with Crippen molar-refractivity contribution in [1.82, 2.24) is 15.2 Å². The summed E-state index contributed by atoms with van der Waals surface area (Å²) in [6, 6.07) is 8.25. The second-order valence-corrected chi connectivity index (χ2v) is 5.83. The first-order chi connectivity index (χ1) is 12.1. The fourth-order valence-electron chi connectivity index (χ4n) is 3.04. The van der Waals surface area contributed by atoms with Crippen LogP contribution >= 0.6 is 0 Å². The second-order valence-electron chi connectivity index (χ2n) is 5.83. The van der Waals surface area contributed by atoms with Gasteiger partial charge in [-0.3, -0.25) is 29.3 Å². The van der Waals surface area contributed by atoms with Crippen LogP contribution in [0.1, 0.15) is 32.7 Å². The number of amidine groups is 1. The van der Waals surface area contributed by atoms with Gasteiger partial charge in [-0.2, -0.15) is 0 Å². The van der Waals surface area contributed by atoms with Crippen LogP contribution in [-0.2, 0) is 0 Å². The maximum absolute atomic E-state index is 12.4. The Labute approximate surface area is 142 Å². The van der Waals surface area contributed by atoms with E-state index in [9.17, 15) is 14.4 Å². The number of anilines is 1. The van der Waals surface area contributed by atoms with Gasteiger partial charge in [0.25, 0.3) is 17.4 Å². The van der Waals surface area contributed by atoms with Gasteiger partial charge in [-0.25, -0.2) is 0 Å². The lowest BCUT2D eigenvalue weighted by molar-refractivity contribution is 0.0880. The van der Waals surface area contributed by atoms with Crippen LogP contribution in [0, 0.1) is 0 Å². The van der Waals surface area contributed by atoms with E-state index in [0.29, 0.717) is 5.69 Å². The van der Waals surface area contributed by atoms with Gasteiger partial charge in [0, 0.05) is 24.7 Å². The van der Waals surface area contributed by atoms with Crippen molar-refractivity contribution in [2.24, 2.45) is 4.99 Å². The molecule has 4 rings (SSSR count). The second kappa shape index (κ2) is 5.59. The van der Waals surface area contributed by atoms with Crippen molar-refractivity contribution in [2.45, 2.75) is 6.42 Å². The summed E-state index contributed by atoms with van der Waals surface area (Å²) in [4.78, 5) is 40.4. The normalized spacial score (nSPS) is 16.1. The van der Waals surface area contributed by atoms with Crippen LogP contribution in [0.2, 0.25) is 0 Å². The minimum absolute atomic E-state index is 0.0149. The number of carbonyl (C=O) groups is 2. The van der Waals surface area contributed by atoms with E-state index in [0.717, 1.165) is 37.0 Å². The number of amides is 2. The third kappa shape index (κ3) is 2.38. The Morgan fingerprint density at radius 2 is 1.84 bits per heavy atom. The van der Waals surface area contributed by atoms with E-state index >= 15 is 0 Å². The van der Waals surface area contributed by atoms with E-state index in [4.69, 9.17) is 5.73 Å². The molecule has 0 saturated carbocycles. The Morgan fingerprint density at radius 1 is 1.08 bits per heavy atom. The molecule has 2 aliphatic heterocycles. The lowest BCUT2D eigenvalue weighted by atomic mass is 10.1. The number of aromatic nitrogens is 1. The van der Waals surface area contributed by atoms with Gasteiger partial charge in [0.15, 0.2) is 0 Å². The standard InChI is InChI=1S/C17H15N5O3/c18-14-13-11(16(24)21-17(13)25)8-12(23)22(14)10-4-2-9(3-5-10)15-19-6-1-7-20-15/h2-5,8H,1,6-7,18H2,(H,19,20)(H,21,24,25). The smallest absolute Gasteiger partial charge is 0.262 e. The quantitative estimate of drug-likeness (QED) is 0.669. The molecule has 126 valence electrons. The molecular weight excluding hydrogens is 322 g/mol. The van der Waals surface area contributed by atoms with E-state index in [1.165, 1.54) is 4.57 Å². The molecule has 0 fully saturated rings. The fourth-order valence-corrected chi connectivity index (χ4v) is 3.04. The molecule has 2 aromatic rings. The van der Waals surface area contributed by atoms with Gasteiger partial charge in [0.2, 0.25) is 0 Å². The Morgan fingerprint density at radius 3 is 2.52 bits per heavy atom. The van der Waals surface area contributed by atoms with Crippen LogP contribution in [-0.4, -0.2) is 35.3 Å². The minimum atomic E-state index is -0.604. The highest BCUT2D eigenvalue weighted by Crippen LogP contribution is 2.23. The molecule has 0 radical (unpaired) electrons. The number of aliphatic imine (C=N–C) groups is 1. The van der Waals surface area contributed by atoms with Gasteiger partial charge in [-0.05, 0) is 30.7 Å². The summed E-state index contributed by atoms with van der Waals surface area (Å²) in [5.74, 6) is -0.430. The molecule has 4 N–H and O–H groups in total. The summed E-state index contributed by atoms with van der Waals surface area (Å²) in [5, 5.41) is 5.38. The van der Waals surface area contributed by atoms with Gasteiger partial charge < -0.3 is 11.1 Å². The summed E-state index contributed by atoms with van der Waals surface area (Å²) in [7, 11) is 0. The molecule has 2 aliphatic rings. The molecule has 0 bridgehead atoms. The zero-order valence-corrected chi connectivity index (χ0v) is 13.2. The number of pyridine rings is 1. The number of hydrogen-bond acceptors (Lipinski definition) is 6. The highest BCUT2D eigenvalue weighted by atomic mass is 16.2. The molecule has 8 heteroatoms. The minimum Gasteiger partial charge on any atom is -0.384 e. The third-order valence-electron chi connectivity index (χ3n) is 4.25. The van der Waals surface area contributed by atoms with Gasteiger partial charge in [-0.1, -0.05) is 0 Å². The number of nitrogens with zero attached hydrogens (tertiary/aromatic N) is 2. The highest BCUT2D eigenvalue weighted by molar-refractivity contribution is 6.23. The zero-order chi connectivity index (χ0) is 17.6. The number of hydrogen-bond donors (Lipinski definition) is 3. The molecule has 8 nitrogen and oxygen atoms in total. The number of nitrogen functional groups attached to an aromatic ring is 1.